The Morgan fingerprint density at radius 1 is 1.38 bits per heavy atom. The fourth-order valence-electron chi connectivity index (χ4n) is 2.75. The van der Waals surface area contributed by atoms with Crippen molar-refractivity contribution >= 4 is 0 Å². The Balaban J connectivity index is 1.87. The largest absolute Gasteiger partial charge is 0.317 e. The van der Waals surface area contributed by atoms with E-state index in [2.05, 4.69) is 43.6 Å². The van der Waals surface area contributed by atoms with Gasteiger partial charge < -0.3 is 5.32 Å². The molecule has 0 amide bonds. The van der Waals surface area contributed by atoms with Crippen molar-refractivity contribution < 1.29 is 0 Å². The topological polar surface area (TPSA) is 12.0 Å². The molecular formula is C15H23N. The highest BCUT2D eigenvalue weighted by atomic mass is 14.9. The molecule has 1 aliphatic carbocycles. The number of hydrogen-bond acceptors (Lipinski definition) is 1. The normalized spacial score (nSPS) is 20.0. The second-order valence-electron chi connectivity index (χ2n) is 4.96. The molecule has 0 heterocycles. The molecule has 0 saturated heterocycles. The first-order valence-electron chi connectivity index (χ1n) is 6.60. The minimum Gasteiger partial charge on any atom is -0.317 e. The van der Waals surface area contributed by atoms with Gasteiger partial charge in [0, 0.05) is 6.04 Å². The van der Waals surface area contributed by atoms with Gasteiger partial charge in [-0.05, 0) is 43.4 Å². The minimum atomic E-state index is 0.707. The molecule has 1 N–H and O–H groups in total. The number of nitrogens with one attached hydrogen (secondary N) is 1. The number of benzene rings is 1. The summed E-state index contributed by atoms with van der Waals surface area (Å²) in [5.41, 5.74) is 3.16. The van der Waals surface area contributed by atoms with Crippen LogP contribution in [0.1, 0.15) is 49.7 Å². The monoisotopic (exact) mass is 217 g/mol. The Kier molecular flexibility index (Phi) is 4.00. The highest BCUT2D eigenvalue weighted by Gasteiger charge is 2.27. The summed E-state index contributed by atoms with van der Waals surface area (Å²) in [6.07, 6.45) is 6.58. The van der Waals surface area contributed by atoms with Gasteiger partial charge in [-0.1, -0.05) is 44.0 Å². The number of fused-ring (bicyclic) bond motifs is 1. The lowest BCUT2D eigenvalue weighted by atomic mass is 9.74. The van der Waals surface area contributed by atoms with Crippen molar-refractivity contribution in [2.45, 2.75) is 51.0 Å². The first-order chi connectivity index (χ1) is 7.85. The molecule has 0 aliphatic heterocycles. The average Bonchev–Trinajstić information content (AvgIpc) is 2.30. The third kappa shape index (κ3) is 2.46. The average molecular weight is 217 g/mol. The summed E-state index contributed by atoms with van der Waals surface area (Å²) in [7, 11) is 2.10. The van der Waals surface area contributed by atoms with E-state index >= 15 is 0 Å². The lowest BCUT2D eigenvalue weighted by Gasteiger charge is -2.33. The molecule has 1 aliphatic rings. The quantitative estimate of drug-likeness (QED) is 0.769. The second-order valence-corrected chi connectivity index (χ2v) is 4.96. The lowest BCUT2D eigenvalue weighted by molar-refractivity contribution is 0.411. The molecule has 0 bridgehead atoms. The van der Waals surface area contributed by atoms with Crippen LogP contribution >= 0.6 is 0 Å². The van der Waals surface area contributed by atoms with Gasteiger partial charge in [0.05, 0.1) is 0 Å². The van der Waals surface area contributed by atoms with Crippen LogP contribution in [0.3, 0.4) is 0 Å². The van der Waals surface area contributed by atoms with E-state index in [1.165, 1.54) is 32.1 Å². The van der Waals surface area contributed by atoms with E-state index in [0.717, 1.165) is 5.92 Å². The summed E-state index contributed by atoms with van der Waals surface area (Å²) >= 11 is 0. The van der Waals surface area contributed by atoms with E-state index in [1.807, 2.05) is 0 Å². The fraction of sp³-hybridized carbons (Fsp3) is 0.600. The van der Waals surface area contributed by atoms with Crippen molar-refractivity contribution in [1.29, 1.82) is 0 Å². The van der Waals surface area contributed by atoms with Crippen molar-refractivity contribution in [3.63, 3.8) is 0 Å². The Morgan fingerprint density at radius 2 is 2.19 bits per heavy atom. The second kappa shape index (κ2) is 5.49. The maximum Gasteiger partial charge on any atom is 0.00700 e. The van der Waals surface area contributed by atoms with Crippen molar-refractivity contribution in [3.05, 3.63) is 35.4 Å². The predicted molar refractivity (Wildman–Crippen MR) is 69.9 cm³/mol. The van der Waals surface area contributed by atoms with E-state index in [4.69, 9.17) is 0 Å². The van der Waals surface area contributed by atoms with Crippen molar-refractivity contribution in [2.24, 2.45) is 0 Å². The van der Waals surface area contributed by atoms with Gasteiger partial charge in [0.2, 0.25) is 0 Å². The predicted octanol–water partition coefficient (Wildman–Crippen LogP) is 3.49. The SMILES string of the molecule is CCCCC(CC1Cc2ccccc21)NC. The maximum atomic E-state index is 3.47. The summed E-state index contributed by atoms with van der Waals surface area (Å²) in [5.74, 6) is 0.811. The van der Waals surface area contributed by atoms with Gasteiger partial charge in [0.1, 0.15) is 0 Å². The number of hydrogen-bond donors (Lipinski definition) is 1. The Morgan fingerprint density at radius 3 is 2.88 bits per heavy atom. The Bertz CT molecular complexity index is 332. The van der Waals surface area contributed by atoms with E-state index in [-0.39, 0.29) is 0 Å². The van der Waals surface area contributed by atoms with Crippen LogP contribution in [0.2, 0.25) is 0 Å². The highest BCUT2D eigenvalue weighted by Crippen LogP contribution is 2.38. The summed E-state index contributed by atoms with van der Waals surface area (Å²) in [6, 6.07) is 9.60. The third-order valence-electron chi connectivity index (χ3n) is 3.84. The van der Waals surface area contributed by atoms with Gasteiger partial charge in [0.15, 0.2) is 0 Å². The molecule has 0 spiro atoms. The Hall–Kier alpha value is -0.820. The third-order valence-corrected chi connectivity index (χ3v) is 3.84. The maximum absolute atomic E-state index is 3.47. The van der Waals surface area contributed by atoms with Crippen LogP contribution in [0, 0.1) is 0 Å². The fourth-order valence-corrected chi connectivity index (χ4v) is 2.75. The molecule has 1 aromatic rings. The smallest absolute Gasteiger partial charge is 0.00700 e. The Labute approximate surface area is 99.3 Å². The van der Waals surface area contributed by atoms with Gasteiger partial charge in [-0.2, -0.15) is 0 Å². The van der Waals surface area contributed by atoms with Crippen molar-refractivity contribution in [3.8, 4) is 0 Å². The molecule has 2 rings (SSSR count). The molecule has 1 nitrogen and oxygen atoms in total. The summed E-state index contributed by atoms with van der Waals surface area (Å²) < 4.78 is 0. The molecule has 88 valence electrons. The summed E-state index contributed by atoms with van der Waals surface area (Å²) in [5, 5.41) is 3.47. The molecule has 0 aromatic heterocycles. The molecule has 2 atom stereocenters. The number of unbranched alkanes of at least 4 members (excludes halogenated alkanes) is 1. The minimum absolute atomic E-state index is 0.707. The molecule has 1 heteroatoms. The van der Waals surface area contributed by atoms with Crippen molar-refractivity contribution in [1.82, 2.24) is 5.32 Å². The van der Waals surface area contributed by atoms with Gasteiger partial charge in [0.25, 0.3) is 0 Å². The lowest BCUT2D eigenvalue weighted by Crippen LogP contribution is -2.30. The van der Waals surface area contributed by atoms with Gasteiger partial charge in [-0.15, -0.1) is 0 Å². The van der Waals surface area contributed by atoms with Crippen LogP contribution in [0.15, 0.2) is 24.3 Å². The summed E-state index contributed by atoms with van der Waals surface area (Å²) in [4.78, 5) is 0. The van der Waals surface area contributed by atoms with Crippen LogP contribution in [0.4, 0.5) is 0 Å². The molecule has 1 aromatic carbocycles. The summed E-state index contributed by atoms with van der Waals surface area (Å²) in [6.45, 7) is 2.27. The zero-order valence-electron chi connectivity index (χ0n) is 10.5. The van der Waals surface area contributed by atoms with Crippen LogP contribution in [0.25, 0.3) is 0 Å². The molecular weight excluding hydrogens is 194 g/mol. The van der Waals surface area contributed by atoms with Crippen LogP contribution in [0.5, 0.6) is 0 Å². The van der Waals surface area contributed by atoms with Crippen molar-refractivity contribution in [2.75, 3.05) is 7.05 Å². The van der Waals surface area contributed by atoms with E-state index in [1.54, 1.807) is 11.1 Å². The zero-order valence-corrected chi connectivity index (χ0v) is 10.5. The van der Waals surface area contributed by atoms with E-state index in [0.29, 0.717) is 6.04 Å². The van der Waals surface area contributed by atoms with Gasteiger partial charge >= 0.3 is 0 Å². The molecule has 16 heavy (non-hydrogen) atoms. The van der Waals surface area contributed by atoms with Crippen LogP contribution in [-0.4, -0.2) is 13.1 Å². The number of rotatable bonds is 6. The molecule has 0 saturated carbocycles. The standard InChI is InChI=1S/C15H23N/c1-3-4-8-14(16-2)11-13-10-12-7-5-6-9-15(12)13/h5-7,9,13-14,16H,3-4,8,10-11H2,1-2H3. The molecule has 2 unspecified atom stereocenters. The van der Waals surface area contributed by atoms with E-state index in [9.17, 15) is 0 Å². The first kappa shape index (κ1) is 11.7. The van der Waals surface area contributed by atoms with Gasteiger partial charge in [-0.25, -0.2) is 0 Å². The van der Waals surface area contributed by atoms with Gasteiger partial charge in [-0.3, -0.25) is 0 Å². The zero-order chi connectivity index (χ0) is 11.4. The van der Waals surface area contributed by atoms with Crippen LogP contribution in [-0.2, 0) is 6.42 Å². The van der Waals surface area contributed by atoms with Crippen LogP contribution < -0.4 is 5.32 Å². The molecule has 0 fully saturated rings. The highest BCUT2D eigenvalue weighted by molar-refractivity contribution is 5.39. The first-order valence-corrected chi connectivity index (χ1v) is 6.60. The molecule has 0 radical (unpaired) electrons. The van der Waals surface area contributed by atoms with E-state index < -0.39 is 0 Å².